The normalized spacial score (nSPS) is 17.4. The molecule has 1 aliphatic heterocycles. The number of nitrogens with zero attached hydrogens (tertiary/aromatic N) is 2. The Hall–Kier alpha value is -2.69. The summed E-state index contributed by atoms with van der Waals surface area (Å²) in [7, 11) is 0. The van der Waals surface area contributed by atoms with Crippen LogP contribution in [0, 0.1) is 18.7 Å². The second-order valence-electron chi connectivity index (χ2n) is 6.83. The summed E-state index contributed by atoms with van der Waals surface area (Å²) in [6.45, 7) is 3.30. The molecule has 1 atom stereocenters. The summed E-state index contributed by atoms with van der Waals surface area (Å²) in [6.07, 6.45) is 3.49. The fourth-order valence-corrected chi connectivity index (χ4v) is 3.60. The number of aryl methyl sites for hydroxylation is 1. The molecule has 1 fully saturated rings. The van der Waals surface area contributed by atoms with Gasteiger partial charge in [-0.25, -0.2) is 9.37 Å². The summed E-state index contributed by atoms with van der Waals surface area (Å²) in [5.74, 6) is 0.320. The van der Waals surface area contributed by atoms with E-state index in [1.54, 1.807) is 13.3 Å². The fourth-order valence-electron chi connectivity index (χ4n) is 3.60. The smallest absolute Gasteiger partial charge is 0.253 e. The van der Waals surface area contributed by atoms with Gasteiger partial charge in [-0.3, -0.25) is 4.79 Å². The van der Waals surface area contributed by atoms with Crippen molar-refractivity contribution in [2.24, 2.45) is 5.92 Å². The van der Waals surface area contributed by atoms with Crippen LogP contribution < -0.4 is 0 Å². The van der Waals surface area contributed by atoms with Crippen molar-refractivity contribution in [1.82, 2.24) is 14.9 Å². The second kappa shape index (κ2) is 6.31. The van der Waals surface area contributed by atoms with E-state index >= 15 is 0 Å². The average Bonchev–Trinajstić information content (AvgIpc) is 3.26. The molecule has 1 amide bonds. The van der Waals surface area contributed by atoms with Gasteiger partial charge in [-0.05, 0) is 61.1 Å². The molecule has 0 saturated carbocycles. The summed E-state index contributed by atoms with van der Waals surface area (Å²) < 4.78 is 13.4. The van der Waals surface area contributed by atoms with Gasteiger partial charge in [-0.15, -0.1) is 0 Å². The number of likely N-dealkylation sites (tertiary alicyclic amines) is 1. The van der Waals surface area contributed by atoms with E-state index in [1.807, 2.05) is 35.2 Å². The van der Waals surface area contributed by atoms with Crippen molar-refractivity contribution >= 4 is 16.9 Å². The third-order valence-electron chi connectivity index (χ3n) is 4.99. The topological polar surface area (TPSA) is 49.0 Å². The number of carbonyl (C=O) groups is 1. The van der Waals surface area contributed by atoms with E-state index in [0.29, 0.717) is 17.0 Å². The van der Waals surface area contributed by atoms with E-state index in [4.69, 9.17) is 0 Å². The lowest BCUT2D eigenvalue weighted by molar-refractivity contribution is 0.0787. The van der Waals surface area contributed by atoms with Gasteiger partial charge in [0.15, 0.2) is 0 Å². The minimum atomic E-state index is -0.166. The molecule has 0 radical (unpaired) electrons. The Morgan fingerprint density at radius 3 is 3.04 bits per heavy atom. The van der Waals surface area contributed by atoms with Crippen LogP contribution in [0.4, 0.5) is 4.39 Å². The molecule has 0 spiro atoms. The zero-order chi connectivity index (χ0) is 17.4. The Kier molecular flexibility index (Phi) is 3.99. The number of hydrogen-bond donors (Lipinski definition) is 1. The quantitative estimate of drug-likeness (QED) is 0.792. The van der Waals surface area contributed by atoms with Crippen molar-refractivity contribution < 1.29 is 9.18 Å². The lowest BCUT2D eigenvalue weighted by Crippen LogP contribution is -2.28. The molecule has 2 heterocycles. The molecule has 0 aliphatic carbocycles. The Labute approximate surface area is 145 Å². The number of amides is 1. The van der Waals surface area contributed by atoms with Crippen LogP contribution >= 0.6 is 0 Å². The monoisotopic (exact) mass is 337 g/mol. The average molecular weight is 337 g/mol. The molecule has 4 rings (SSSR count). The van der Waals surface area contributed by atoms with Gasteiger partial charge >= 0.3 is 0 Å². The number of carbonyl (C=O) groups excluding carboxylic acids is 1. The van der Waals surface area contributed by atoms with Gasteiger partial charge in [-0.1, -0.05) is 12.1 Å². The minimum Gasteiger partial charge on any atom is -0.345 e. The molecular formula is C20H20FN3O. The maximum atomic E-state index is 13.4. The van der Waals surface area contributed by atoms with Gasteiger partial charge in [0.1, 0.15) is 5.82 Å². The van der Waals surface area contributed by atoms with Crippen molar-refractivity contribution in [1.29, 1.82) is 0 Å². The highest BCUT2D eigenvalue weighted by Crippen LogP contribution is 2.24. The van der Waals surface area contributed by atoms with Crippen LogP contribution in [0.2, 0.25) is 0 Å². The molecule has 1 aliphatic rings. The van der Waals surface area contributed by atoms with Crippen LogP contribution in [0.1, 0.15) is 27.9 Å². The van der Waals surface area contributed by atoms with Gasteiger partial charge in [0.2, 0.25) is 0 Å². The van der Waals surface area contributed by atoms with E-state index in [-0.39, 0.29) is 11.7 Å². The molecule has 128 valence electrons. The van der Waals surface area contributed by atoms with Crippen LogP contribution in [0.3, 0.4) is 0 Å². The lowest BCUT2D eigenvalue weighted by atomic mass is 9.97. The standard InChI is InChI=1S/C20H20FN3O/c1-13-8-14(2-4-17(13)21)9-15-6-7-24(11-15)20(25)16-3-5-18-19(10-16)23-12-22-18/h2-5,8,10,12,15H,6-7,9,11H2,1H3,(H,22,23). The largest absolute Gasteiger partial charge is 0.345 e. The summed E-state index contributed by atoms with van der Waals surface area (Å²) >= 11 is 0. The first-order chi connectivity index (χ1) is 12.1. The van der Waals surface area contributed by atoms with Crippen molar-refractivity contribution in [3.8, 4) is 0 Å². The van der Waals surface area contributed by atoms with Crippen molar-refractivity contribution in [2.75, 3.05) is 13.1 Å². The third-order valence-corrected chi connectivity index (χ3v) is 4.99. The van der Waals surface area contributed by atoms with E-state index in [2.05, 4.69) is 9.97 Å². The number of hydrogen-bond acceptors (Lipinski definition) is 2. The van der Waals surface area contributed by atoms with E-state index < -0.39 is 0 Å². The molecule has 3 aromatic rings. The van der Waals surface area contributed by atoms with Crippen LogP contribution in [-0.4, -0.2) is 33.9 Å². The van der Waals surface area contributed by atoms with Crippen molar-refractivity contribution in [2.45, 2.75) is 19.8 Å². The Morgan fingerprint density at radius 2 is 2.20 bits per heavy atom. The highest BCUT2D eigenvalue weighted by atomic mass is 19.1. The van der Waals surface area contributed by atoms with Crippen LogP contribution in [-0.2, 0) is 6.42 Å². The Bertz CT molecular complexity index is 934. The van der Waals surface area contributed by atoms with E-state index in [9.17, 15) is 9.18 Å². The molecule has 5 heteroatoms. The molecule has 1 unspecified atom stereocenters. The molecule has 1 N–H and O–H groups in total. The number of fused-ring (bicyclic) bond motifs is 1. The number of nitrogens with one attached hydrogen (secondary N) is 1. The van der Waals surface area contributed by atoms with Crippen molar-refractivity contribution in [3.63, 3.8) is 0 Å². The Morgan fingerprint density at radius 1 is 1.32 bits per heavy atom. The van der Waals surface area contributed by atoms with Crippen LogP contribution in [0.25, 0.3) is 11.0 Å². The number of rotatable bonds is 3. The fraction of sp³-hybridized carbons (Fsp3) is 0.300. The molecule has 1 aromatic heterocycles. The first kappa shape index (κ1) is 15.8. The van der Waals surface area contributed by atoms with Gasteiger partial charge < -0.3 is 9.88 Å². The zero-order valence-corrected chi connectivity index (χ0v) is 14.1. The number of aromatic amines is 1. The van der Waals surface area contributed by atoms with Crippen LogP contribution in [0.5, 0.6) is 0 Å². The number of imidazole rings is 1. The second-order valence-corrected chi connectivity index (χ2v) is 6.83. The first-order valence-corrected chi connectivity index (χ1v) is 8.57. The molecule has 2 aromatic carbocycles. The van der Waals surface area contributed by atoms with Crippen molar-refractivity contribution in [3.05, 3.63) is 65.2 Å². The molecule has 4 nitrogen and oxygen atoms in total. The molecule has 25 heavy (non-hydrogen) atoms. The number of halogens is 1. The summed E-state index contributed by atoms with van der Waals surface area (Å²) in [4.78, 5) is 21.9. The summed E-state index contributed by atoms with van der Waals surface area (Å²) in [5.41, 5.74) is 4.24. The molecular weight excluding hydrogens is 317 g/mol. The van der Waals surface area contributed by atoms with E-state index in [1.165, 1.54) is 6.07 Å². The number of aromatic nitrogens is 2. The van der Waals surface area contributed by atoms with Crippen LogP contribution in [0.15, 0.2) is 42.7 Å². The molecule has 1 saturated heterocycles. The van der Waals surface area contributed by atoms with Gasteiger partial charge in [0.05, 0.1) is 17.4 Å². The number of benzene rings is 2. The predicted octanol–water partition coefficient (Wildman–Crippen LogP) is 3.72. The summed E-state index contributed by atoms with van der Waals surface area (Å²) in [6, 6.07) is 10.9. The first-order valence-electron chi connectivity index (χ1n) is 8.57. The SMILES string of the molecule is Cc1cc(CC2CCN(C(=O)c3ccc4nc[nH]c4c3)C2)ccc1F. The van der Waals surface area contributed by atoms with Gasteiger partial charge in [0.25, 0.3) is 5.91 Å². The third kappa shape index (κ3) is 3.14. The van der Waals surface area contributed by atoms with Gasteiger partial charge in [-0.2, -0.15) is 0 Å². The maximum Gasteiger partial charge on any atom is 0.253 e. The maximum absolute atomic E-state index is 13.4. The van der Waals surface area contributed by atoms with Gasteiger partial charge in [0, 0.05) is 18.7 Å². The lowest BCUT2D eigenvalue weighted by Gasteiger charge is -2.17. The highest BCUT2D eigenvalue weighted by Gasteiger charge is 2.27. The summed E-state index contributed by atoms with van der Waals surface area (Å²) in [5, 5.41) is 0. The van der Waals surface area contributed by atoms with E-state index in [0.717, 1.165) is 42.5 Å². The minimum absolute atomic E-state index is 0.0642. The zero-order valence-electron chi connectivity index (χ0n) is 14.1. The number of H-pyrrole nitrogens is 1. The Balaban J connectivity index is 1.44. The highest BCUT2D eigenvalue weighted by molar-refractivity contribution is 5.97. The molecule has 0 bridgehead atoms. The predicted molar refractivity (Wildman–Crippen MR) is 94.9 cm³/mol.